The Balaban J connectivity index is 1.99. The summed E-state index contributed by atoms with van der Waals surface area (Å²) < 4.78 is 26.1. The zero-order valence-electron chi connectivity index (χ0n) is 11.7. The number of carbonyl (C=O) groups is 1. The number of rotatable bonds is 5. The highest BCUT2D eigenvalue weighted by atomic mass is 19.3. The van der Waals surface area contributed by atoms with E-state index in [-0.39, 0.29) is 12.4 Å². The standard InChI is InChI=1S/C14H14F2N4O2/c1-9-7-11(13(15)16)18-20(9)8-12(21)22-19-14(17)10-5-3-2-4-6-10/h2-7,13H,8H2,1H3,(H2,17,19). The number of carbonyl (C=O) groups excluding carboxylic acids is 1. The predicted molar refractivity (Wildman–Crippen MR) is 75.2 cm³/mol. The van der Waals surface area contributed by atoms with Crippen molar-refractivity contribution < 1.29 is 18.4 Å². The number of amidine groups is 1. The van der Waals surface area contributed by atoms with Gasteiger partial charge in [-0.3, -0.25) is 4.68 Å². The van der Waals surface area contributed by atoms with Crippen molar-refractivity contribution in [2.45, 2.75) is 19.9 Å². The highest BCUT2D eigenvalue weighted by Crippen LogP contribution is 2.17. The maximum atomic E-state index is 12.5. The minimum atomic E-state index is -2.69. The van der Waals surface area contributed by atoms with Crippen LogP contribution in [0.4, 0.5) is 8.78 Å². The van der Waals surface area contributed by atoms with Crippen molar-refractivity contribution >= 4 is 11.8 Å². The molecule has 1 aromatic heterocycles. The van der Waals surface area contributed by atoms with Crippen LogP contribution in [0.2, 0.25) is 0 Å². The first-order valence-corrected chi connectivity index (χ1v) is 6.38. The van der Waals surface area contributed by atoms with E-state index in [2.05, 4.69) is 15.1 Å². The molecule has 116 valence electrons. The van der Waals surface area contributed by atoms with Gasteiger partial charge in [-0.25, -0.2) is 13.6 Å². The van der Waals surface area contributed by atoms with Gasteiger partial charge in [0.25, 0.3) is 6.43 Å². The average molecular weight is 308 g/mol. The lowest BCUT2D eigenvalue weighted by Gasteiger charge is -2.03. The summed E-state index contributed by atoms with van der Waals surface area (Å²) >= 11 is 0. The number of hydrogen-bond acceptors (Lipinski definition) is 4. The SMILES string of the molecule is Cc1cc(C(F)F)nn1CC(=O)O/N=C(\N)c1ccccc1. The molecule has 2 rings (SSSR count). The zero-order valence-corrected chi connectivity index (χ0v) is 11.7. The zero-order chi connectivity index (χ0) is 16.1. The first-order valence-electron chi connectivity index (χ1n) is 6.38. The third-order valence-corrected chi connectivity index (χ3v) is 2.82. The number of aromatic nitrogens is 2. The van der Waals surface area contributed by atoms with Gasteiger partial charge in [-0.1, -0.05) is 35.5 Å². The Morgan fingerprint density at radius 2 is 2.09 bits per heavy atom. The molecular formula is C14H14F2N4O2. The van der Waals surface area contributed by atoms with E-state index in [1.165, 1.54) is 6.07 Å². The Bertz CT molecular complexity index is 683. The van der Waals surface area contributed by atoms with Crippen LogP contribution in [0.3, 0.4) is 0 Å². The van der Waals surface area contributed by atoms with Crippen LogP contribution in [0.1, 0.15) is 23.4 Å². The molecule has 0 amide bonds. The number of aryl methyl sites for hydroxylation is 1. The van der Waals surface area contributed by atoms with E-state index in [0.29, 0.717) is 11.3 Å². The molecule has 0 aliphatic heterocycles. The molecule has 0 radical (unpaired) electrons. The van der Waals surface area contributed by atoms with E-state index >= 15 is 0 Å². The molecule has 1 heterocycles. The lowest BCUT2D eigenvalue weighted by Crippen LogP contribution is -2.18. The van der Waals surface area contributed by atoms with Crippen LogP contribution in [0.25, 0.3) is 0 Å². The van der Waals surface area contributed by atoms with Crippen LogP contribution in [0.15, 0.2) is 41.6 Å². The van der Waals surface area contributed by atoms with Crippen molar-refractivity contribution in [2.75, 3.05) is 0 Å². The number of nitrogens with zero attached hydrogens (tertiary/aromatic N) is 3. The van der Waals surface area contributed by atoms with Gasteiger partial charge in [0.05, 0.1) is 0 Å². The summed E-state index contributed by atoms with van der Waals surface area (Å²) in [6.07, 6.45) is -2.69. The van der Waals surface area contributed by atoms with Crippen LogP contribution in [0.5, 0.6) is 0 Å². The smallest absolute Gasteiger partial charge is 0.356 e. The molecule has 0 atom stereocenters. The average Bonchev–Trinajstić information content (AvgIpc) is 2.87. The number of benzene rings is 1. The Morgan fingerprint density at radius 3 is 2.68 bits per heavy atom. The minimum absolute atomic E-state index is 0.0411. The van der Waals surface area contributed by atoms with Crippen LogP contribution in [-0.4, -0.2) is 21.6 Å². The van der Waals surface area contributed by atoms with Gasteiger partial charge in [-0.05, 0) is 13.0 Å². The van der Waals surface area contributed by atoms with E-state index in [4.69, 9.17) is 5.73 Å². The topological polar surface area (TPSA) is 82.5 Å². The summed E-state index contributed by atoms with van der Waals surface area (Å²) in [5, 5.41) is 7.14. The summed E-state index contributed by atoms with van der Waals surface area (Å²) in [6.45, 7) is 1.23. The van der Waals surface area contributed by atoms with Gasteiger partial charge in [-0.2, -0.15) is 5.10 Å². The highest BCUT2D eigenvalue weighted by molar-refractivity contribution is 5.97. The second-order valence-electron chi connectivity index (χ2n) is 4.47. The Morgan fingerprint density at radius 1 is 1.41 bits per heavy atom. The van der Waals surface area contributed by atoms with E-state index < -0.39 is 18.1 Å². The van der Waals surface area contributed by atoms with Crippen molar-refractivity contribution in [3.05, 3.63) is 53.3 Å². The predicted octanol–water partition coefficient (Wildman–Crippen LogP) is 1.99. The van der Waals surface area contributed by atoms with Crippen LogP contribution in [0, 0.1) is 6.92 Å². The van der Waals surface area contributed by atoms with Crippen molar-refractivity contribution in [1.82, 2.24) is 9.78 Å². The molecule has 0 fully saturated rings. The van der Waals surface area contributed by atoms with Gasteiger partial charge in [0.2, 0.25) is 0 Å². The van der Waals surface area contributed by atoms with Crippen molar-refractivity contribution in [2.24, 2.45) is 10.9 Å². The van der Waals surface area contributed by atoms with E-state index in [1.807, 2.05) is 6.07 Å². The lowest BCUT2D eigenvalue weighted by atomic mass is 10.2. The fourth-order valence-electron chi connectivity index (χ4n) is 1.72. The van der Waals surface area contributed by atoms with Gasteiger partial charge in [0, 0.05) is 11.3 Å². The molecule has 0 unspecified atom stereocenters. The summed E-state index contributed by atoms with van der Waals surface area (Å²) in [5.41, 5.74) is 6.30. The van der Waals surface area contributed by atoms with Gasteiger partial charge >= 0.3 is 5.97 Å². The summed E-state index contributed by atoms with van der Waals surface area (Å²) in [7, 11) is 0. The molecule has 0 saturated carbocycles. The van der Waals surface area contributed by atoms with Crippen LogP contribution >= 0.6 is 0 Å². The second-order valence-corrected chi connectivity index (χ2v) is 4.47. The largest absolute Gasteiger partial charge is 0.380 e. The first kappa shape index (κ1) is 15.6. The Hall–Kier alpha value is -2.77. The van der Waals surface area contributed by atoms with Crippen LogP contribution < -0.4 is 5.73 Å². The molecule has 2 aromatic rings. The molecule has 0 saturated heterocycles. The van der Waals surface area contributed by atoms with E-state index in [0.717, 1.165) is 4.68 Å². The summed E-state index contributed by atoms with van der Waals surface area (Å²) in [4.78, 5) is 16.3. The fraction of sp³-hybridized carbons (Fsp3) is 0.214. The molecule has 22 heavy (non-hydrogen) atoms. The maximum Gasteiger partial charge on any atom is 0.356 e. The number of halogens is 2. The maximum absolute atomic E-state index is 12.5. The van der Waals surface area contributed by atoms with Crippen LogP contribution in [-0.2, 0) is 16.2 Å². The molecule has 0 aliphatic carbocycles. The lowest BCUT2D eigenvalue weighted by molar-refractivity contribution is -0.144. The number of alkyl halides is 2. The Labute approximate surface area is 125 Å². The molecular weight excluding hydrogens is 294 g/mol. The number of nitrogens with two attached hydrogens (primary N) is 1. The molecule has 2 N–H and O–H groups in total. The summed E-state index contributed by atoms with van der Waals surface area (Å²) in [6, 6.07) is 9.96. The van der Waals surface area contributed by atoms with Gasteiger partial charge in [0.1, 0.15) is 12.2 Å². The third kappa shape index (κ3) is 3.87. The third-order valence-electron chi connectivity index (χ3n) is 2.82. The molecule has 0 aliphatic rings. The van der Waals surface area contributed by atoms with Crippen molar-refractivity contribution in [1.29, 1.82) is 0 Å². The van der Waals surface area contributed by atoms with Gasteiger partial charge in [0.15, 0.2) is 5.84 Å². The highest BCUT2D eigenvalue weighted by Gasteiger charge is 2.15. The molecule has 0 bridgehead atoms. The van der Waals surface area contributed by atoms with Gasteiger partial charge < -0.3 is 10.6 Å². The molecule has 0 spiro atoms. The van der Waals surface area contributed by atoms with Crippen molar-refractivity contribution in [3.63, 3.8) is 0 Å². The van der Waals surface area contributed by atoms with Crippen molar-refractivity contribution in [3.8, 4) is 0 Å². The quantitative estimate of drug-likeness (QED) is 0.396. The molecule has 6 nitrogen and oxygen atoms in total. The van der Waals surface area contributed by atoms with E-state index in [1.54, 1.807) is 31.2 Å². The molecule has 1 aromatic carbocycles. The van der Waals surface area contributed by atoms with E-state index in [9.17, 15) is 13.6 Å². The number of oxime groups is 1. The first-order chi connectivity index (χ1) is 10.5. The summed E-state index contributed by atoms with van der Waals surface area (Å²) in [5.74, 6) is -0.717. The normalized spacial score (nSPS) is 11.7. The minimum Gasteiger partial charge on any atom is -0.380 e. The Kier molecular flexibility index (Phi) is 4.82. The molecule has 8 heteroatoms. The second kappa shape index (κ2) is 6.79. The fourth-order valence-corrected chi connectivity index (χ4v) is 1.72. The van der Waals surface area contributed by atoms with Gasteiger partial charge in [-0.15, -0.1) is 0 Å². The monoisotopic (exact) mass is 308 g/mol. The number of hydrogen-bond donors (Lipinski definition) is 1.